The molecule has 0 aliphatic rings. The van der Waals surface area contributed by atoms with Gasteiger partial charge in [0.2, 0.25) is 5.91 Å². The van der Waals surface area contributed by atoms with Crippen molar-refractivity contribution in [2.24, 2.45) is 0 Å². The molecule has 2 aromatic carbocycles. The molecule has 0 unspecified atom stereocenters. The van der Waals surface area contributed by atoms with Crippen LogP contribution in [0.2, 0.25) is 5.02 Å². The number of benzene rings is 2. The van der Waals surface area contributed by atoms with Crippen molar-refractivity contribution in [2.75, 3.05) is 5.75 Å². The molecule has 1 heterocycles. The summed E-state index contributed by atoms with van der Waals surface area (Å²) >= 11 is 10.6. The van der Waals surface area contributed by atoms with Gasteiger partial charge in [0, 0.05) is 22.6 Å². The average molecular weight is 496 g/mol. The van der Waals surface area contributed by atoms with Crippen LogP contribution in [0.5, 0.6) is 5.75 Å². The van der Waals surface area contributed by atoms with Gasteiger partial charge in [-0.15, -0.1) is 10.2 Å². The lowest BCUT2D eigenvalue weighted by molar-refractivity contribution is -0.118. The highest BCUT2D eigenvalue weighted by Crippen LogP contribution is 2.20. The molecule has 6 nitrogen and oxygen atoms in total. The molecule has 0 fully saturated rings. The van der Waals surface area contributed by atoms with Gasteiger partial charge in [-0.1, -0.05) is 51.4 Å². The van der Waals surface area contributed by atoms with E-state index in [1.54, 1.807) is 12.1 Å². The number of carbonyl (C=O) groups is 1. The van der Waals surface area contributed by atoms with E-state index in [-0.39, 0.29) is 11.7 Å². The van der Waals surface area contributed by atoms with E-state index in [4.69, 9.17) is 16.3 Å². The topological polar surface area (TPSA) is 69.0 Å². The van der Waals surface area contributed by atoms with Crippen LogP contribution in [0.1, 0.15) is 18.3 Å². The maximum atomic E-state index is 12.2. The van der Waals surface area contributed by atoms with Gasteiger partial charge in [-0.05, 0) is 48.9 Å². The second-order valence-electron chi connectivity index (χ2n) is 6.08. The summed E-state index contributed by atoms with van der Waals surface area (Å²) in [5.41, 5.74) is 0.997. The first-order chi connectivity index (χ1) is 14.0. The van der Waals surface area contributed by atoms with Crippen LogP contribution in [0.4, 0.5) is 0 Å². The highest BCUT2D eigenvalue weighted by molar-refractivity contribution is 9.10. The molecule has 0 aliphatic carbocycles. The molecule has 1 N–H and O–H groups in total. The zero-order valence-electron chi connectivity index (χ0n) is 15.8. The Balaban J connectivity index is 1.50. The highest BCUT2D eigenvalue weighted by atomic mass is 79.9. The molecular weight excluding hydrogens is 476 g/mol. The van der Waals surface area contributed by atoms with E-state index in [1.165, 1.54) is 11.8 Å². The molecule has 0 bridgehead atoms. The van der Waals surface area contributed by atoms with Crippen LogP contribution in [0.25, 0.3) is 0 Å². The van der Waals surface area contributed by atoms with Gasteiger partial charge in [-0.2, -0.15) is 0 Å². The van der Waals surface area contributed by atoms with Gasteiger partial charge in [-0.3, -0.25) is 4.79 Å². The number of amides is 1. The molecule has 3 rings (SSSR count). The first kappa shape index (κ1) is 21.7. The van der Waals surface area contributed by atoms with Crippen molar-refractivity contribution in [3.8, 4) is 5.75 Å². The number of carbonyl (C=O) groups excluding carboxylic acids is 1. The zero-order valence-corrected chi connectivity index (χ0v) is 18.9. The minimum Gasteiger partial charge on any atom is -0.486 e. The lowest BCUT2D eigenvalue weighted by Gasteiger charge is -2.09. The van der Waals surface area contributed by atoms with E-state index in [2.05, 4.69) is 31.4 Å². The molecule has 0 saturated heterocycles. The highest BCUT2D eigenvalue weighted by Gasteiger charge is 2.13. The van der Waals surface area contributed by atoms with Crippen molar-refractivity contribution in [1.82, 2.24) is 20.1 Å². The molecule has 29 heavy (non-hydrogen) atoms. The van der Waals surface area contributed by atoms with E-state index in [9.17, 15) is 4.79 Å². The first-order valence-corrected chi connectivity index (χ1v) is 11.1. The standard InChI is InChI=1S/C20H20BrClN4O2S/c1-2-26-18(12-28-17-9-5-15(21)6-10-17)24-25-20(26)29-13-19(27)23-11-14-3-7-16(22)8-4-14/h3-10H,2,11-13H2,1H3,(H,23,27). The number of hydrogen-bond donors (Lipinski definition) is 1. The first-order valence-electron chi connectivity index (χ1n) is 8.99. The van der Waals surface area contributed by atoms with Crippen LogP contribution in [0.3, 0.4) is 0 Å². The second-order valence-corrected chi connectivity index (χ2v) is 8.37. The number of aromatic nitrogens is 3. The molecule has 3 aromatic rings. The molecule has 9 heteroatoms. The minimum absolute atomic E-state index is 0.0664. The van der Waals surface area contributed by atoms with E-state index < -0.39 is 0 Å². The number of nitrogens with one attached hydrogen (secondary N) is 1. The molecule has 0 spiro atoms. The Morgan fingerprint density at radius 2 is 1.90 bits per heavy atom. The van der Waals surface area contributed by atoms with Gasteiger partial charge in [0.25, 0.3) is 0 Å². The van der Waals surface area contributed by atoms with Gasteiger partial charge in [0.15, 0.2) is 11.0 Å². The Morgan fingerprint density at radius 1 is 1.17 bits per heavy atom. The number of nitrogens with zero attached hydrogens (tertiary/aromatic N) is 3. The fourth-order valence-electron chi connectivity index (χ4n) is 2.51. The smallest absolute Gasteiger partial charge is 0.230 e. The van der Waals surface area contributed by atoms with Gasteiger partial charge in [0.1, 0.15) is 12.4 Å². The number of thioether (sulfide) groups is 1. The SMILES string of the molecule is CCn1c(COc2ccc(Br)cc2)nnc1SCC(=O)NCc1ccc(Cl)cc1. The van der Waals surface area contributed by atoms with Crippen molar-refractivity contribution >= 4 is 45.2 Å². The molecule has 152 valence electrons. The number of ether oxygens (including phenoxy) is 1. The molecule has 1 aromatic heterocycles. The van der Waals surface area contributed by atoms with Gasteiger partial charge < -0.3 is 14.6 Å². The molecule has 0 saturated carbocycles. The Bertz CT molecular complexity index is 948. The van der Waals surface area contributed by atoms with E-state index in [1.807, 2.05) is 47.9 Å². The van der Waals surface area contributed by atoms with Crippen molar-refractivity contribution < 1.29 is 9.53 Å². The predicted octanol–water partition coefficient (Wildman–Crippen LogP) is 4.70. The summed E-state index contributed by atoms with van der Waals surface area (Å²) in [6, 6.07) is 15.0. The van der Waals surface area contributed by atoms with Crippen molar-refractivity contribution in [1.29, 1.82) is 0 Å². The zero-order chi connectivity index (χ0) is 20.6. The average Bonchev–Trinajstić information content (AvgIpc) is 3.13. The summed E-state index contributed by atoms with van der Waals surface area (Å²) in [4.78, 5) is 12.2. The summed E-state index contributed by atoms with van der Waals surface area (Å²) in [7, 11) is 0. The Hall–Kier alpha value is -2.03. The third-order valence-corrected chi connectivity index (χ3v) is 5.77. The third-order valence-electron chi connectivity index (χ3n) is 4.03. The van der Waals surface area contributed by atoms with Crippen LogP contribution in [-0.2, 0) is 24.5 Å². The summed E-state index contributed by atoms with van der Waals surface area (Å²) in [6.07, 6.45) is 0. The van der Waals surface area contributed by atoms with E-state index >= 15 is 0 Å². The molecule has 1 amide bonds. The quantitative estimate of drug-likeness (QED) is 0.436. The number of rotatable bonds is 9. The monoisotopic (exact) mass is 494 g/mol. The minimum atomic E-state index is -0.0664. The largest absolute Gasteiger partial charge is 0.486 e. The molecular formula is C20H20BrClN4O2S. The van der Waals surface area contributed by atoms with Crippen molar-refractivity contribution in [3.63, 3.8) is 0 Å². The molecule has 0 radical (unpaired) electrons. The van der Waals surface area contributed by atoms with Gasteiger partial charge in [-0.25, -0.2) is 0 Å². The van der Waals surface area contributed by atoms with Crippen LogP contribution >= 0.6 is 39.3 Å². The molecule has 0 aliphatic heterocycles. The van der Waals surface area contributed by atoms with Crippen LogP contribution < -0.4 is 10.1 Å². The number of halogens is 2. The summed E-state index contributed by atoms with van der Waals surface area (Å²) in [6.45, 7) is 3.48. The normalized spacial score (nSPS) is 10.7. The summed E-state index contributed by atoms with van der Waals surface area (Å²) in [5, 5.41) is 12.7. The van der Waals surface area contributed by atoms with E-state index in [0.717, 1.165) is 21.6 Å². The summed E-state index contributed by atoms with van der Waals surface area (Å²) < 4.78 is 8.73. The lowest BCUT2D eigenvalue weighted by atomic mass is 10.2. The van der Waals surface area contributed by atoms with Gasteiger partial charge >= 0.3 is 0 Å². The van der Waals surface area contributed by atoms with Crippen LogP contribution in [-0.4, -0.2) is 26.4 Å². The third kappa shape index (κ3) is 6.48. The van der Waals surface area contributed by atoms with Crippen LogP contribution in [0, 0.1) is 0 Å². The fraction of sp³-hybridized carbons (Fsp3) is 0.250. The van der Waals surface area contributed by atoms with Crippen molar-refractivity contribution in [2.45, 2.75) is 31.8 Å². The van der Waals surface area contributed by atoms with Crippen molar-refractivity contribution in [3.05, 3.63) is 69.4 Å². The summed E-state index contributed by atoms with van der Waals surface area (Å²) in [5.74, 6) is 1.68. The Morgan fingerprint density at radius 3 is 2.59 bits per heavy atom. The lowest BCUT2D eigenvalue weighted by Crippen LogP contribution is -2.24. The van der Waals surface area contributed by atoms with Gasteiger partial charge in [0.05, 0.1) is 5.75 Å². The molecule has 0 atom stereocenters. The van der Waals surface area contributed by atoms with E-state index in [0.29, 0.717) is 29.9 Å². The second kappa shape index (κ2) is 10.7. The number of hydrogen-bond acceptors (Lipinski definition) is 5. The maximum absolute atomic E-state index is 12.2. The predicted molar refractivity (Wildman–Crippen MR) is 118 cm³/mol. The van der Waals surface area contributed by atoms with Crippen LogP contribution in [0.15, 0.2) is 58.2 Å². The fourth-order valence-corrected chi connectivity index (χ4v) is 3.75. The maximum Gasteiger partial charge on any atom is 0.230 e. The Labute approximate surface area is 187 Å². The Kier molecular flexibility index (Phi) is 7.97.